The Labute approximate surface area is 191 Å². The quantitative estimate of drug-likeness (QED) is 0.575. The lowest BCUT2D eigenvalue weighted by molar-refractivity contribution is 0.0874. The summed E-state index contributed by atoms with van der Waals surface area (Å²) >= 11 is 1.54. The van der Waals surface area contributed by atoms with Gasteiger partial charge in [-0.15, -0.1) is 11.3 Å². The maximum absolute atomic E-state index is 13.1. The van der Waals surface area contributed by atoms with Gasteiger partial charge in [0.2, 0.25) is 0 Å². The predicted molar refractivity (Wildman–Crippen MR) is 124 cm³/mol. The van der Waals surface area contributed by atoms with Gasteiger partial charge in [0.15, 0.2) is 0 Å². The van der Waals surface area contributed by atoms with Crippen molar-refractivity contribution in [3.8, 4) is 0 Å². The van der Waals surface area contributed by atoms with Crippen LogP contribution in [0.4, 0.5) is 0 Å². The molecule has 1 aromatic heterocycles. The molecule has 4 rings (SSSR count). The monoisotopic (exact) mass is 468 g/mol. The molecular formula is C24H24N2O4S2. The standard InChI is InChI=1S/C24H24N2O4S2/c1-4-26-24(28)19-12-11-18(14-21(19)32(26,29)30)23(27)25-22(20-6-5-13-31-20)17-9-7-16(8-10-17)15(2)3/h5-15,22H,4H2,1-3H3,(H,25,27). The second kappa shape index (κ2) is 8.52. The number of carbonyl (C=O) groups is 2. The number of sulfonamides is 1. The average molecular weight is 469 g/mol. The minimum absolute atomic E-state index is 0.0458. The number of carbonyl (C=O) groups excluding carboxylic acids is 2. The highest BCUT2D eigenvalue weighted by atomic mass is 32.2. The van der Waals surface area contributed by atoms with E-state index in [1.165, 1.54) is 35.1 Å². The van der Waals surface area contributed by atoms with Crippen LogP contribution in [-0.4, -0.2) is 31.1 Å². The highest BCUT2D eigenvalue weighted by molar-refractivity contribution is 7.90. The minimum atomic E-state index is -3.93. The summed E-state index contributed by atoms with van der Waals surface area (Å²) in [6, 6.07) is 15.8. The first kappa shape index (κ1) is 22.2. The molecule has 3 aromatic rings. The van der Waals surface area contributed by atoms with Gasteiger partial charge >= 0.3 is 0 Å². The zero-order valence-corrected chi connectivity index (χ0v) is 19.7. The number of fused-ring (bicyclic) bond motifs is 1. The summed E-state index contributed by atoms with van der Waals surface area (Å²) in [5.41, 5.74) is 2.44. The third-order valence-electron chi connectivity index (χ3n) is 5.60. The fourth-order valence-electron chi connectivity index (χ4n) is 3.79. The van der Waals surface area contributed by atoms with E-state index in [1.54, 1.807) is 6.92 Å². The molecule has 0 spiro atoms. The number of rotatable bonds is 6. The van der Waals surface area contributed by atoms with Crippen molar-refractivity contribution in [1.29, 1.82) is 0 Å². The van der Waals surface area contributed by atoms with Crippen LogP contribution in [0.5, 0.6) is 0 Å². The Balaban J connectivity index is 1.66. The van der Waals surface area contributed by atoms with E-state index in [1.807, 2.05) is 29.6 Å². The Morgan fingerprint density at radius 1 is 1.06 bits per heavy atom. The van der Waals surface area contributed by atoms with E-state index in [0.29, 0.717) is 5.92 Å². The first-order valence-corrected chi connectivity index (χ1v) is 12.7. The van der Waals surface area contributed by atoms with Crippen LogP contribution < -0.4 is 5.32 Å². The fraction of sp³-hybridized carbons (Fsp3) is 0.250. The first-order valence-electron chi connectivity index (χ1n) is 10.4. The van der Waals surface area contributed by atoms with E-state index in [-0.39, 0.29) is 28.6 Å². The third-order valence-corrected chi connectivity index (χ3v) is 8.43. The molecule has 166 valence electrons. The van der Waals surface area contributed by atoms with Gasteiger partial charge in [-0.25, -0.2) is 12.7 Å². The third kappa shape index (κ3) is 3.84. The summed E-state index contributed by atoms with van der Waals surface area (Å²) < 4.78 is 26.2. The Morgan fingerprint density at radius 3 is 2.34 bits per heavy atom. The molecular weight excluding hydrogens is 444 g/mol. The van der Waals surface area contributed by atoms with E-state index >= 15 is 0 Å². The van der Waals surface area contributed by atoms with Crippen molar-refractivity contribution in [3.05, 3.63) is 87.1 Å². The van der Waals surface area contributed by atoms with Gasteiger partial charge in [-0.1, -0.05) is 44.2 Å². The van der Waals surface area contributed by atoms with Crippen LogP contribution in [0.3, 0.4) is 0 Å². The molecule has 0 saturated carbocycles. The number of hydrogen-bond donors (Lipinski definition) is 1. The van der Waals surface area contributed by atoms with E-state index in [4.69, 9.17) is 0 Å². The fourth-order valence-corrected chi connectivity index (χ4v) is 6.20. The number of nitrogens with one attached hydrogen (secondary N) is 1. The molecule has 32 heavy (non-hydrogen) atoms. The van der Waals surface area contributed by atoms with Crippen molar-refractivity contribution < 1.29 is 18.0 Å². The average Bonchev–Trinajstić information content (AvgIpc) is 3.37. The van der Waals surface area contributed by atoms with Crippen molar-refractivity contribution >= 4 is 33.2 Å². The van der Waals surface area contributed by atoms with Crippen LogP contribution in [0.25, 0.3) is 0 Å². The van der Waals surface area contributed by atoms with Crippen LogP contribution in [0, 0.1) is 0 Å². The molecule has 0 fully saturated rings. The highest BCUT2D eigenvalue weighted by Crippen LogP contribution is 2.32. The van der Waals surface area contributed by atoms with Gasteiger partial charge in [-0.05, 0) is 53.6 Å². The number of amides is 2. The lowest BCUT2D eigenvalue weighted by atomic mass is 9.98. The largest absolute Gasteiger partial charge is 0.340 e. The molecule has 0 aliphatic carbocycles. The van der Waals surface area contributed by atoms with Crippen LogP contribution in [0.2, 0.25) is 0 Å². The topological polar surface area (TPSA) is 83.6 Å². The molecule has 1 unspecified atom stereocenters. The maximum Gasteiger partial charge on any atom is 0.268 e. The molecule has 1 aliphatic rings. The van der Waals surface area contributed by atoms with Gasteiger partial charge in [0.05, 0.1) is 11.6 Å². The Morgan fingerprint density at radius 2 is 1.75 bits per heavy atom. The van der Waals surface area contributed by atoms with Gasteiger partial charge in [-0.3, -0.25) is 9.59 Å². The lowest BCUT2D eigenvalue weighted by Crippen LogP contribution is -2.29. The number of hydrogen-bond acceptors (Lipinski definition) is 5. The number of nitrogens with zero attached hydrogens (tertiary/aromatic N) is 1. The minimum Gasteiger partial charge on any atom is -0.340 e. The molecule has 2 amide bonds. The van der Waals surface area contributed by atoms with Crippen LogP contribution in [0.15, 0.2) is 64.9 Å². The van der Waals surface area contributed by atoms with Gasteiger partial charge in [0.25, 0.3) is 21.8 Å². The first-order chi connectivity index (χ1) is 15.2. The van der Waals surface area contributed by atoms with E-state index in [0.717, 1.165) is 14.7 Å². The van der Waals surface area contributed by atoms with Crippen molar-refractivity contribution in [2.24, 2.45) is 0 Å². The van der Waals surface area contributed by atoms with Gasteiger partial charge in [0.1, 0.15) is 4.90 Å². The Hall–Kier alpha value is -2.97. The van der Waals surface area contributed by atoms with E-state index in [2.05, 4.69) is 31.3 Å². The number of thiophene rings is 1. The van der Waals surface area contributed by atoms with Gasteiger partial charge < -0.3 is 5.32 Å². The zero-order valence-electron chi connectivity index (χ0n) is 18.0. The predicted octanol–water partition coefficient (Wildman–Crippen LogP) is 4.56. The molecule has 2 aromatic carbocycles. The lowest BCUT2D eigenvalue weighted by Gasteiger charge is -2.19. The van der Waals surface area contributed by atoms with Crippen molar-refractivity contribution in [1.82, 2.24) is 9.62 Å². The van der Waals surface area contributed by atoms with Crippen LogP contribution in [-0.2, 0) is 10.0 Å². The molecule has 6 nitrogen and oxygen atoms in total. The second-order valence-corrected chi connectivity index (χ2v) is 10.7. The van der Waals surface area contributed by atoms with Crippen molar-refractivity contribution in [3.63, 3.8) is 0 Å². The van der Waals surface area contributed by atoms with E-state index < -0.39 is 21.8 Å². The maximum atomic E-state index is 13.1. The molecule has 0 saturated heterocycles. The molecule has 1 N–H and O–H groups in total. The van der Waals surface area contributed by atoms with Crippen molar-refractivity contribution in [2.45, 2.75) is 37.6 Å². The summed E-state index contributed by atoms with van der Waals surface area (Å²) in [5, 5.41) is 4.98. The summed E-state index contributed by atoms with van der Waals surface area (Å²) in [4.78, 5) is 26.4. The summed E-state index contributed by atoms with van der Waals surface area (Å²) in [7, 11) is -3.93. The highest BCUT2D eigenvalue weighted by Gasteiger charge is 2.40. The van der Waals surface area contributed by atoms with Crippen molar-refractivity contribution in [2.75, 3.05) is 6.54 Å². The summed E-state index contributed by atoms with van der Waals surface area (Å²) in [6.45, 7) is 5.90. The Bertz CT molecular complexity index is 1260. The summed E-state index contributed by atoms with van der Waals surface area (Å²) in [6.07, 6.45) is 0. The molecule has 2 heterocycles. The van der Waals surface area contributed by atoms with Crippen LogP contribution in [0.1, 0.15) is 69.5 Å². The Kier molecular flexibility index (Phi) is 5.92. The molecule has 1 aliphatic heterocycles. The molecule has 0 radical (unpaired) electrons. The molecule has 1 atom stereocenters. The normalized spacial score (nSPS) is 15.6. The molecule has 8 heteroatoms. The van der Waals surface area contributed by atoms with Gasteiger partial charge in [-0.2, -0.15) is 0 Å². The second-order valence-electron chi connectivity index (χ2n) is 7.93. The number of benzene rings is 2. The SMILES string of the molecule is CCN1C(=O)c2ccc(C(=O)NC(c3ccc(C(C)C)cc3)c3cccs3)cc2S1(=O)=O. The zero-order chi connectivity index (χ0) is 23.0. The van der Waals surface area contributed by atoms with Crippen LogP contribution >= 0.6 is 11.3 Å². The van der Waals surface area contributed by atoms with E-state index in [9.17, 15) is 18.0 Å². The summed E-state index contributed by atoms with van der Waals surface area (Å²) in [5.74, 6) is -0.564. The van der Waals surface area contributed by atoms with Gasteiger partial charge in [0, 0.05) is 17.0 Å². The molecule has 0 bridgehead atoms. The smallest absolute Gasteiger partial charge is 0.268 e.